The van der Waals surface area contributed by atoms with Crippen molar-refractivity contribution in [1.29, 1.82) is 0 Å². The normalized spacial score (nSPS) is 17.5. The van der Waals surface area contributed by atoms with E-state index in [9.17, 15) is 18.0 Å². The molecular formula is C18H15F3N2OS. The van der Waals surface area contributed by atoms with Crippen LogP contribution in [0.25, 0.3) is 0 Å². The number of carbonyl (C=O) groups is 1. The van der Waals surface area contributed by atoms with E-state index >= 15 is 0 Å². The largest absolute Gasteiger partial charge is 0.416 e. The van der Waals surface area contributed by atoms with Gasteiger partial charge in [0.2, 0.25) is 0 Å². The van der Waals surface area contributed by atoms with Gasteiger partial charge in [-0.05, 0) is 30.2 Å². The Balaban J connectivity index is 1.71. The summed E-state index contributed by atoms with van der Waals surface area (Å²) in [5.74, 6) is -0.319. The monoisotopic (exact) mass is 364 g/mol. The van der Waals surface area contributed by atoms with Gasteiger partial charge in [-0.3, -0.25) is 4.79 Å². The standard InChI is InChI=1S/C18H15F3N2OS/c1-23(14-8-3-2-4-9-14)17-22-16(24)15(25-17)11-12-6-5-7-13(10-12)18(19,20)21/h2-10,15H,11H2,1H3. The van der Waals surface area contributed by atoms with E-state index in [0.717, 1.165) is 17.8 Å². The Kier molecular flexibility index (Phi) is 4.85. The van der Waals surface area contributed by atoms with E-state index in [4.69, 9.17) is 0 Å². The lowest BCUT2D eigenvalue weighted by atomic mass is 10.1. The second-order valence-corrected chi connectivity index (χ2v) is 6.81. The molecule has 0 saturated carbocycles. The maximum absolute atomic E-state index is 12.8. The molecule has 2 aromatic rings. The van der Waals surface area contributed by atoms with Crippen LogP contribution in [-0.2, 0) is 17.4 Å². The van der Waals surface area contributed by atoms with E-state index in [-0.39, 0.29) is 12.3 Å². The number of hydrogen-bond acceptors (Lipinski definition) is 3. The molecule has 1 aliphatic heterocycles. The maximum atomic E-state index is 12.8. The van der Waals surface area contributed by atoms with Crippen LogP contribution in [0.2, 0.25) is 0 Å². The first-order valence-corrected chi connectivity index (χ1v) is 8.46. The maximum Gasteiger partial charge on any atom is 0.416 e. The SMILES string of the molecule is CN(C1=NC(=O)C(Cc2cccc(C(F)(F)F)c2)S1)c1ccccc1. The molecule has 0 bridgehead atoms. The zero-order valence-electron chi connectivity index (χ0n) is 13.3. The van der Waals surface area contributed by atoms with Crippen molar-refractivity contribution in [3.05, 3.63) is 65.7 Å². The van der Waals surface area contributed by atoms with E-state index in [1.54, 1.807) is 18.0 Å². The van der Waals surface area contributed by atoms with E-state index in [2.05, 4.69) is 4.99 Å². The van der Waals surface area contributed by atoms with Crippen LogP contribution in [0.3, 0.4) is 0 Å². The van der Waals surface area contributed by atoms with Gasteiger partial charge in [-0.2, -0.15) is 18.2 Å². The number of para-hydroxylation sites is 1. The molecule has 1 aliphatic rings. The molecule has 0 radical (unpaired) electrons. The number of halogens is 3. The number of hydrogen-bond donors (Lipinski definition) is 0. The molecule has 1 atom stereocenters. The molecule has 0 spiro atoms. The smallest absolute Gasteiger partial charge is 0.324 e. The van der Waals surface area contributed by atoms with Crippen molar-refractivity contribution in [2.75, 3.05) is 11.9 Å². The summed E-state index contributed by atoms with van der Waals surface area (Å²) in [5, 5.41) is 0.0396. The highest BCUT2D eigenvalue weighted by Crippen LogP contribution is 2.32. The number of benzene rings is 2. The predicted molar refractivity (Wildman–Crippen MR) is 93.8 cm³/mol. The zero-order valence-corrected chi connectivity index (χ0v) is 14.1. The fourth-order valence-electron chi connectivity index (χ4n) is 2.50. The molecule has 0 saturated heterocycles. The summed E-state index contributed by atoms with van der Waals surface area (Å²) in [6.07, 6.45) is -4.18. The molecule has 3 rings (SSSR count). The molecule has 0 aliphatic carbocycles. The summed E-state index contributed by atoms with van der Waals surface area (Å²) in [4.78, 5) is 18.0. The first kappa shape index (κ1) is 17.5. The molecule has 25 heavy (non-hydrogen) atoms. The number of amidine groups is 1. The summed E-state index contributed by atoms with van der Waals surface area (Å²) in [6, 6.07) is 14.5. The number of rotatable bonds is 3. The lowest BCUT2D eigenvalue weighted by molar-refractivity contribution is -0.137. The van der Waals surface area contributed by atoms with Gasteiger partial charge in [-0.15, -0.1) is 0 Å². The molecular weight excluding hydrogens is 349 g/mol. The minimum atomic E-state index is -4.39. The third kappa shape index (κ3) is 4.04. The van der Waals surface area contributed by atoms with Crippen LogP contribution in [0.15, 0.2) is 59.6 Å². The highest BCUT2D eigenvalue weighted by molar-refractivity contribution is 8.15. The summed E-state index contributed by atoms with van der Waals surface area (Å²) >= 11 is 1.28. The molecule has 3 nitrogen and oxygen atoms in total. The van der Waals surface area contributed by atoms with E-state index in [1.165, 1.54) is 17.8 Å². The topological polar surface area (TPSA) is 32.7 Å². The molecule has 1 amide bonds. The molecule has 0 N–H and O–H groups in total. The van der Waals surface area contributed by atoms with Crippen LogP contribution >= 0.6 is 11.8 Å². The van der Waals surface area contributed by atoms with Gasteiger partial charge in [0, 0.05) is 12.7 Å². The first-order valence-electron chi connectivity index (χ1n) is 7.59. The van der Waals surface area contributed by atoms with Crippen molar-refractivity contribution in [1.82, 2.24) is 0 Å². The Hall–Kier alpha value is -2.28. The van der Waals surface area contributed by atoms with Crippen molar-refractivity contribution in [3.8, 4) is 0 Å². The highest BCUT2D eigenvalue weighted by Gasteiger charge is 2.33. The van der Waals surface area contributed by atoms with Gasteiger partial charge < -0.3 is 4.90 Å². The first-order chi connectivity index (χ1) is 11.8. The minimum Gasteiger partial charge on any atom is -0.324 e. The molecule has 0 aromatic heterocycles. The lowest BCUT2D eigenvalue weighted by Gasteiger charge is -2.18. The quantitative estimate of drug-likeness (QED) is 0.810. The Morgan fingerprint density at radius 1 is 1.12 bits per heavy atom. The number of amides is 1. The number of alkyl halides is 3. The predicted octanol–water partition coefficient (Wildman–Crippen LogP) is 4.38. The summed E-state index contributed by atoms with van der Waals surface area (Å²) in [6.45, 7) is 0. The van der Waals surface area contributed by atoms with Gasteiger partial charge in [0.25, 0.3) is 5.91 Å². The number of anilines is 1. The van der Waals surface area contributed by atoms with E-state index in [0.29, 0.717) is 10.7 Å². The molecule has 0 fully saturated rings. The second-order valence-electron chi connectivity index (χ2n) is 5.64. The van der Waals surface area contributed by atoms with Crippen molar-refractivity contribution in [2.45, 2.75) is 17.8 Å². The van der Waals surface area contributed by atoms with Gasteiger partial charge in [-0.25, -0.2) is 0 Å². The van der Waals surface area contributed by atoms with Crippen molar-refractivity contribution in [2.24, 2.45) is 4.99 Å². The van der Waals surface area contributed by atoms with Gasteiger partial charge in [0.05, 0.1) is 10.8 Å². The van der Waals surface area contributed by atoms with E-state index in [1.807, 2.05) is 30.3 Å². The summed E-state index contributed by atoms with van der Waals surface area (Å²) in [7, 11) is 1.81. The minimum absolute atomic E-state index is 0.211. The van der Waals surface area contributed by atoms with E-state index < -0.39 is 17.0 Å². The fourth-order valence-corrected chi connectivity index (χ4v) is 3.59. The van der Waals surface area contributed by atoms with Crippen molar-refractivity contribution >= 4 is 28.5 Å². The Bertz CT molecular complexity index is 805. The average molecular weight is 364 g/mol. The lowest BCUT2D eigenvalue weighted by Crippen LogP contribution is -2.22. The van der Waals surface area contributed by atoms with Crippen LogP contribution in [0, 0.1) is 0 Å². The molecule has 1 unspecified atom stereocenters. The third-order valence-electron chi connectivity index (χ3n) is 3.83. The van der Waals surface area contributed by atoms with Crippen LogP contribution in [0.5, 0.6) is 0 Å². The Labute approximate surface area is 147 Å². The van der Waals surface area contributed by atoms with Crippen LogP contribution in [-0.4, -0.2) is 23.4 Å². The van der Waals surface area contributed by atoms with Crippen LogP contribution < -0.4 is 4.90 Å². The second kappa shape index (κ2) is 6.92. The van der Waals surface area contributed by atoms with Gasteiger partial charge >= 0.3 is 6.18 Å². The summed E-state index contributed by atoms with van der Waals surface area (Å²) < 4.78 is 38.4. The number of aliphatic imine (C=N–C) groups is 1. The fraction of sp³-hybridized carbons (Fsp3) is 0.222. The van der Waals surface area contributed by atoms with Crippen LogP contribution in [0.4, 0.5) is 18.9 Å². The molecule has 1 heterocycles. The Morgan fingerprint density at radius 3 is 2.52 bits per heavy atom. The Morgan fingerprint density at radius 2 is 1.84 bits per heavy atom. The molecule has 7 heteroatoms. The highest BCUT2D eigenvalue weighted by atomic mass is 32.2. The van der Waals surface area contributed by atoms with Gasteiger partial charge in [0.15, 0.2) is 5.17 Å². The molecule has 130 valence electrons. The third-order valence-corrected chi connectivity index (χ3v) is 5.06. The zero-order chi connectivity index (χ0) is 18.0. The number of nitrogens with zero attached hydrogens (tertiary/aromatic N) is 2. The number of thioether (sulfide) groups is 1. The average Bonchev–Trinajstić information content (AvgIpc) is 2.95. The number of carbonyl (C=O) groups excluding carboxylic acids is 1. The van der Waals surface area contributed by atoms with Crippen molar-refractivity contribution in [3.63, 3.8) is 0 Å². The molecule has 2 aromatic carbocycles. The summed E-state index contributed by atoms with van der Waals surface area (Å²) in [5.41, 5.74) is 0.656. The van der Waals surface area contributed by atoms with Crippen LogP contribution in [0.1, 0.15) is 11.1 Å². The van der Waals surface area contributed by atoms with Crippen molar-refractivity contribution < 1.29 is 18.0 Å². The van der Waals surface area contributed by atoms with Gasteiger partial charge in [0.1, 0.15) is 0 Å². The van der Waals surface area contributed by atoms with Gasteiger partial charge in [-0.1, -0.05) is 48.2 Å².